The summed E-state index contributed by atoms with van der Waals surface area (Å²) in [6.07, 6.45) is 6.08. The molecule has 0 aromatic carbocycles. The maximum absolute atomic E-state index is 3.73. The molecule has 1 N–H and O–H groups in total. The molecule has 0 saturated heterocycles. The van der Waals surface area contributed by atoms with Gasteiger partial charge in [-0.05, 0) is 64.1 Å². The van der Waals surface area contributed by atoms with Crippen molar-refractivity contribution >= 4 is 0 Å². The van der Waals surface area contributed by atoms with Gasteiger partial charge in [-0.2, -0.15) is 0 Å². The molecule has 0 aromatic heterocycles. The van der Waals surface area contributed by atoms with Gasteiger partial charge in [0.2, 0.25) is 0 Å². The minimum absolute atomic E-state index is 0.643. The largest absolute Gasteiger partial charge is 0.313 e. The van der Waals surface area contributed by atoms with Crippen molar-refractivity contribution in [3.63, 3.8) is 0 Å². The molecule has 2 aliphatic rings. The second-order valence-electron chi connectivity index (χ2n) is 6.10. The van der Waals surface area contributed by atoms with Crippen LogP contribution in [-0.2, 0) is 0 Å². The molecular weight excluding hydrogens is 196 g/mol. The van der Waals surface area contributed by atoms with Gasteiger partial charge in [0.15, 0.2) is 0 Å². The first kappa shape index (κ1) is 12.4. The van der Waals surface area contributed by atoms with E-state index in [0.717, 1.165) is 24.3 Å². The van der Waals surface area contributed by atoms with Crippen LogP contribution in [0.25, 0.3) is 0 Å². The van der Waals surface area contributed by atoms with Crippen LogP contribution in [-0.4, -0.2) is 37.6 Å². The van der Waals surface area contributed by atoms with Crippen molar-refractivity contribution in [2.75, 3.05) is 26.7 Å². The van der Waals surface area contributed by atoms with E-state index in [2.05, 4.69) is 31.1 Å². The van der Waals surface area contributed by atoms with Gasteiger partial charge < -0.3 is 10.2 Å². The topological polar surface area (TPSA) is 15.3 Å². The van der Waals surface area contributed by atoms with Crippen LogP contribution in [0.1, 0.15) is 39.5 Å². The predicted molar refractivity (Wildman–Crippen MR) is 69.6 cm³/mol. The first-order valence-electron chi connectivity index (χ1n) is 7.11. The van der Waals surface area contributed by atoms with Crippen LogP contribution in [0, 0.1) is 17.8 Å². The highest BCUT2D eigenvalue weighted by molar-refractivity contribution is 4.91. The molecule has 4 atom stereocenters. The van der Waals surface area contributed by atoms with Crippen molar-refractivity contribution in [3.8, 4) is 0 Å². The maximum Gasteiger partial charge on any atom is 0.0166 e. The quantitative estimate of drug-likeness (QED) is 0.745. The summed E-state index contributed by atoms with van der Waals surface area (Å²) in [6, 6.07) is 0.643. The fourth-order valence-corrected chi connectivity index (χ4v) is 3.64. The summed E-state index contributed by atoms with van der Waals surface area (Å²) in [5, 5.41) is 3.73. The van der Waals surface area contributed by atoms with Gasteiger partial charge in [-0.25, -0.2) is 0 Å². The van der Waals surface area contributed by atoms with Crippen LogP contribution in [0.3, 0.4) is 0 Å². The Balaban J connectivity index is 1.64. The molecule has 2 bridgehead atoms. The molecule has 2 saturated carbocycles. The molecular formula is C14H28N2. The van der Waals surface area contributed by atoms with Crippen molar-refractivity contribution in [3.05, 3.63) is 0 Å². The summed E-state index contributed by atoms with van der Waals surface area (Å²) in [6.45, 7) is 8.14. The lowest BCUT2D eigenvalue weighted by atomic mass is 9.89. The van der Waals surface area contributed by atoms with Gasteiger partial charge in [0.1, 0.15) is 0 Å². The highest BCUT2D eigenvalue weighted by Gasteiger charge is 2.38. The predicted octanol–water partition coefficient (Wildman–Crippen LogP) is 2.35. The molecule has 0 spiro atoms. The molecule has 2 heteroatoms. The molecule has 0 aliphatic heterocycles. The molecule has 2 rings (SSSR count). The van der Waals surface area contributed by atoms with Gasteiger partial charge in [-0.3, -0.25) is 0 Å². The minimum atomic E-state index is 0.643. The average Bonchev–Trinajstić information content (AvgIpc) is 2.87. The van der Waals surface area contributed by atoms with Crippen molar-refractivity contribution in [2.24, 2.45) is 17.8 Å². The monoisotopic (exact) mass is 224 g/mol. The zero-order valence-electron chi connectivity index (χ0n) is 11.2. The van der Waals surface area contributed by atoms with Gasteiger partial charge in [0.25, 0.3) is 0 Å². The van der Waals surface area contributed by atoms with Crippen LogP contribution in [0.15, 0.2) is 0 Å². The SMILES string of the molecule is CCN(C)CC(C)NCC1CC2CCC1C2. The molecule has 0 aromatic rings. The molecule has 2 aliphatic carbocycles. The van der Waals surface area contributed by atoms with Gasteiger partial charge in [-0.1, -0.05) is 13.3 Å². The Bertz CT molecular complexity index is 217. The van der Waals surface area contributed by atoms with E-state index >= 15 is 0 Å². The minimum Gasteiger partial charge on any atom is -0.313 e. The Morgan fingerprint density at radius 3 is 2.69 bits per heavy atom. The van der Waals surface area contributed by atoms with Gasteiger partial charge in [0, 0.05) is 12.6 Å². The van der Waals surface area contributed by atoms with E-state index in [1.165, 1.54) is 38.8 Å². The lowest BCUT2D eigenvalue weighted by Crippen LogP contribution is -2.40. The smallest absolute Gasteiger partial charge is 0.0166 e. The number of hydrogen-bond donors (Lipinski definition) is 1. The van der Waals surface area contributed by atoms with Crippen molar-refractivity contribution in [2.45, 2.75) is 45.6 Å². The second kappa shape index (κ2) is 5.50. The summed E-state index contributed by atoms with van der Waals surface area (Å²) in [7, 11) is 2.20. The third-order valence-corrected chi connectivity index (χ3v) is 4.74. The van der Waals surface area contributed by atoms with Crippen molar-refractivity contribution in [1.82, 2.24) is 10.2 Å². The van der Waals surface area contributed by atoms with Crippen LogP contribution in [0.4, 0.5) is 0 Å². The summed E-state index contributed by atoms with van der Waals surface area (Å²) in [4.78, 5) is 2.39. The third kappa shape index (κ3) is 2.98. The Kier molecular flexibility index (Phi) is 4.26. The highest BCUT2D eigenvalue weighted by atomic mass is 15.1. The van der Waals surface area contributed by atoms with E-state index in [1.807, 2.05) is 0 Å². The van der Waals surface area contributed by atoms with Gasteiger partial charge in [0.05, 0.1) is 0 Å². The number of rotatable bonds is 6. The summed E-state index contributed by atoms with van der Waals surface area (Å²) in [5.74, 6) is 3.15. The fraction of sp³-hybridized carbons (Fsp3) is 1.00. The number of hydrogen-bond acceptors (Lipinski definition) is 2. The Labute approximate surface area is 101 Å². The zero-order chi connectivity index (χ0) is 11.5. The van der Waals surface area contributed by atoms with E-state index < -0.39 is 0 Å². The van der Waals surface area contributed by atoms with Crippen LogP contribution >= 0.6 is 0 Å². The third-order valence-electron chi connectivity index (χ3n) is 4.74. The lowest BCUT2D eigenvalue weighted by Gasteiger charge is -2.26. The van der Waals surface area contributed by atoms with E-state index in [-0.39, 0.29) is 0 Å². The van der Waals surface area contributed by atoms with E-state index in [0.29, 0.717) is 6.04 Å². The van der Waals surface area contributed by atoms with Crippen molar-refractivity contribution in [1.29, 1.82) is 0 Å². The standard InChI is InChI=1S/C14H28N2/c1-4-16(3)10-11(2)15-9-14-8-12-5-6-13(14)7-12/h11-15H,4-10H2,1-3H3. The summed E-state index contributed by atoms with van der Waals surface area (Å²) >= 11 is 0. The molecule has 0 heterocycles. The van der Waals surface area contributed by atoms with Gasteiger partial charge in [-0.15, -0.1) is 0 Å². The Morgan fingerprint density at radius 2 is 2.12 bits per heavy atom. The number of nitrogens with zero attached hydrogens (tertiary/aromatic N) is 1. The molecule has 2 nitrogen and oxygen atoms in total. The number of likely N-dealkylation sites (N-methyl/N-ethyl adjacent to an activating group) is 1. The first-order chi connectivity index (χ1) is 7.69. The first-order valence-corrected chi connectivity index (χ1v) is 7.11. The summed E-state index contributed by atoms with van der Waals surface area (Å²) in [5.41, 5.74) is 0. The second-order valence-corrected chi connectivity index (χ2v) is 6.10. The van der Waals surface area contributed by atoms with Gasteiger partial charge >= 0.3 is 0 Å². The van der Waals surface area contributed by atoms with Crippen LogP contribution in [0.5, 0.6) is 0 Å². The molecule has 0 amide bonds. The maximum atomic E-state index is 3.73. The average molecular weight is 224 g/mol. The molecule has 4 unspecified atom stereocenters. The molecule has 0 radical (unpaired) electrons. The van der Waals surface area contributed by atoms with Crippen molar-refractivity contribution < 1.29 is 0 Å². The zero-order valence-corrected chi connectivity index (χ0v) is 11.2. The molecule has 94 valence electrons. The highest BCUT2D eigenvalue weighted by Crippen LogP contribution is 2.47. The number of nitrogens with one attached hydrogen (secondary N) is 1. The van der Waals surface area contributed by atoms with E-state index in [4.69, 9.17) is 0 Å². The Hall–Kier alpha value is -0.0800. The Morgan fingerprint density at radius 1 is 1.31 bits per heavy atom. The number of fused-ring (bicyclic) bond motifs is 2. The summed E-state index contributed by atoms with van der Waals surface area (Å²) < 4.78 is 0. The fourth-order valence-electron chi connectivity index (χ4n) is 3.64. The van der Waals surface area contributed by atoms with Crippen LogP contribution in [0.2, 0.25) is 0 Å². The van der Waals surface area contributed by atoms with E-state index in [9.17, 15) is 0 Å². The lowest BCUT2D eigenvalue weighted by molar-refractivity contribution is 0.274. The molecule has 16 heavy (non-hydrogen) atoms. The van der Waals surface area contributed by atoms with E-state index in [1.54, 1.807) is 0 Å². The van der Waals surface area contributed by atoms with Crippen LogP contribution < -0.4 is 5.32 Å². The normalized spacial score (nSPS) is 34.9. The molecule has 2 fully saturated rings.